The van der Waals surface area contributed by atoms with Crippen molar-refractivity contribution in [3.8, 4) is 11.4 Å². The van der Waals surface area contributed by atoms with Gasteiger partial charge in [0.15, 0.2) is 11.6 Å². The molecule has 5 heteroatoms. The highest BCUT2D eigenvalue weighted by molar-refractivity contribution is 6.33. The standard InChI is InChI=1S/C13H7ClF2N2/c14-9-4-2-6-18-11(9)7-17-13(18)8-3-1-5-10(15)12(8)16/h1-7H. The Labute approximate surface area is 106 Å². The van der Waals surface area contributed by atoms with Crippen LogP contribution in [-0.2, 0) is 0 Å². The van der Waals surface area contributed by atoms with Crippen LogP contribution in [0.2, 0.25) is 5.02 Å². The summed E-state index contributed by atoms with van der Waals surface area (Å²) in [5, 5.41) is 0.507. The van der Waals surface area contributed by atoms with E-state index >= 15 is 0 Å². The molecule has 3 aromatic rings. The molecule has 2 aromatic heterocycles. The fourth-order valence-electron chi connectivity index (χ4n) is 1.86. The third-order valence-corrected chi connectivity index (χ3v) is 3.03. The molecule has 0 aliphatic rings. The molecule has 0 N–H and O–H groups in total. The Morgan fingerprint density at radius 2 is 1.94 bits per heavy atom. The molecular formula is C13H7ClF2N2. The lowest BCUT2D eigenvalue weighted by Gasteiger charge is -2.04. The van der Waals surface area contributed by atoms with E-state index in [-0.39, 0.29) is 5.56 Å². The Morgan fingerprint density at radius 3 is 2.78 bits per heavy atom. The maximum Gasteiger partial charge on any atom is 0.169 e. The van der Waals surface area contributed by atoms with Gasteiger partial charge in [-0.1, -0.05) is 17.7 Å². The highest BCUT2D eigenvalue weighted by Crippen LogP contribution is 2.26. The second kappa shape index (κ2) is 4.07. The van der Waals surface area contributed by atoms with E-state index in [1.807, 2.05) is 0 Å². The Hall–Kier alpha value is -1.94. The zero-order chi connectivity index (χ0) is 12.7. The molecular weight excluding hydrogens is 258 g/mol. The topological polar surface area (TPSA) is 17.3 Å². The van der Waals surface area contributed by atoms with Crippen molar-refractivity contribution in [3.63, 3.8) is 0 Å². The zero-order valence-electron chi connectivity index (χ0n) is 9.07. The van der Waals surface area contributed by atoms with E-state index in [9.17, 15) is 8.78 Å². The van der Waals surface area contributed by atoms with Crippen LogP contribution in [0.4, 0.5) is 8.78 Å². The molecule has 0 atom stereocenters. The third kappa shape index (κ3) is 1.57. The third-order valence-electron chi connectivity index (χ3n) is 2.71. The molecule has 0 saturated heterocycles. The molecule has 3 rings (SSSR count). The number of fused-ring (bicyclic) bond motifs is 1. The van der Waals surface area contributed by atoms with Gasteiger partial charge in [0.1, 0.15) is 5.82 Å². The number of rotatable bonds is 1. The van der Waals surface area contributed by atoms with E-state index in [0.717, 1.165) is 6.07 Å². The molecule has 1 aromatic carbocycles. The van der Waals surface area contributed by atoms with Gasteiger partial charge in [0, 0.05) is 6.20 Å². The number of aromatic nitrogens is 2. The van der Waals surface area contributed by atoms with Gasteiger partial charge in [-0.3, -0.25) is 4.40 Å². The largest absolute Gasteiger partial charge is 0.298 e. The number of benzene rings is 1. The second-order valence-electron chi connectivity index (χ2n) is 3.79. The van der Waals surface area contributed by atoms with Gasteiger partial charge in [0.25, 0.3) is 0 Å². The lowest BCUT2D eigenvalue weighted by molar-refractivity contribution is 0.510. The molecule has 0 amide bonds. The number of hydrogen-bond acceptors (Lipinski definition) is 1. The number of halogens is 3. The van der Waals surface area contributed by atoms with Crippen LogP contribution in [0.15, 0.2) is 42.7 Å². The van der Waals surface area contributed by atoms with Crippen molar-refractivity contribution in [1.29, 1.82) is 0 Å². The molecule has 0 fully saturated rings. The predicted octanol–water partition coefficient (Wildman–Crippen LogP) is 3.93. The predicted molar refractivity (Wildman–Crippen MR) is 65.6 cm³/mol. The summed E-state index contributed by atoms with van der Waals surface area (Å²) >= 11 is 6.00. The summed E-state index contributed by atoms with van der Waals surface area (Å²) < 4.78 is 28.6. The van der Waals surface area contributed by atoms with E-state index in [1.165, 1.54) is 18.3 Å². The minimum Gasteiger partial charge on any atom is -0.298 e. The molecule has 2 nitrogen and oxygen atoms in total. The molecule has 0 saturated carbocycles. The maximum atomic E-state index is 13.7. The molecule has 0 unspecified atom stereocenters. The lowest BCUT2D eigenvalue weighted by atomic mass is 10.2. The van der Waals surface area contributed by atoms with Crippen molar-refractivity contribution in [2.45, 2.75) is 0 Å². The van der Waals surface area contributed by atoms with Gasteiger partial charge in [-0.15, -0.1) is 0 Å². The molecule has 0 spiro atoms. The quantitative estimate of drug-likeness (QED) is 0.651. The molecule has 90 valence electrons. The smallest absolute Gasteiger partial charge is 0.169 e. The van der Waals surface area contributed by atoms with Crippen molar-refractivity contribution < 1.29 is 8.78 Å². The first-order chi connectivity index (χ1) is 8.68. The summed E-state index contributed by atoms with van der Waals surface area (Å²) in [6.07, 6.45) is 3.23. The fraction of sp³-hybridized carbons (Fsp3) is 0. The Bertz CT molecular complexity index is 737. The second-order valence-corrected chi connectivity index (χ2v) is 4.20. The van der Waals surface area contributed by atoms with E-state index < -0.39 is 11.6 Å². The molecule has 0 bridgehead atoms. The summed E-state index contributed by atoms with van der Waals surface area (Å²) in [7, 11) is 0. The van der Waals surface area contributed by atoms with E-state index in [2.05, 4.69) is 4.98 Å². The summed E-state index contributed by atoms with van der Waals surface area (Å²) in [5.41, 5.74) is 0.759. The van der Waals surface area contributed by atoms with Crippen molar-refractivity contribution >= 4 is 17.1 Å². The maximum absolute atomic E-state index is 13.7. The molecule has 0 radical (unpaired) electrons. The van der Waals surface area contributed by atoms with Gasteiger partial charge < -0.3 is 0 Å². The first-order valence-corrected chi connectivity index (χ1v) is 5.62. The van der Waals surface area contributed by atoms with Crippen LogP contribution in [0.1, 0.15) is 0 Å². The van der Waals surface area contributed by atoms with Crippen LogP contribution >= 0.6 is 11.6 Å². The van der Waals surface area contributed by atoms with Crippen LogP contribution in [0.3, 0.4) is 0 Å². The van der Waals surface area contributed by atoms with Crippen LogP contribution in [0, 0.1) is 11.6 Å². The molecule has 2 heterocycles. The monoisotopic (exact) mass is 264 g/mol. The lowest BCUT2D eigenvalue weighted by Crippen LogP contribution is -1.94. The average Bonchev–Trinajstić information content (AvgIpc) is 2.78. The molecule has 18 heavy (non-hydrogen) atoms. The van der Waals surface area contributed by atoms with Crippen LogP contribution in [0.5, 0.6) is 0 Å². The van der Waals surface area contributed by atoms with Crippen molar-refractivity contribution in [2.24, 2.45) is 0 Å². The minimum atomic E-state index is -0.912. The molecule has 0 aliphatic carbocycles. The fourth-order valence-corrected chi connectivity index (χ4v) is 2.08. The number of pyridine rings is 1. The number of hydrogen-bond donors (Lipinski definition) is 0. The van der Waals surface area contributed by atoms with Crippen LogP contribution < -0.4 is 0 Å². The normalized spacial score (nSPS) is 11.1. The highest BCUT2D eigenvalue weighted by Gasteiger charge is 2.14. The summed E-state index contributed by atoms with van der Waals surface area (Å²) in [4.78, 5) is 4.10. The highest BCUT2D eigenvalue weighted by atomic mass is 35.5. The van der Waals surface area contributed by atoms with E-state index in [4.69, 9.17) is 11.6 Å². The number of nitrogens with zero attached hydrogens (tertiary/aromatic N) is 2. The van der Waals surface area contributed by atoms with Gasteiger partial charge >= 0.3 is 0 Å². The minimum absolute atomic E-state index is 0.109. The zero-order valence-corrected chi connectivity index (χ0v) is 9.83. The van der Waals surface area contributed by atoms with E-state index in [1.54, 1.807) is 22.7 Å². The SMILES string of the molecule is Fc1cccc(-c2ncc3c(Cl)cccn23)c1F. The summed E-state index contributed by atoms with van der Waals surface area (Å²) in [6.45, 7) is 0. The van der Waals surface area contributed by atoms with E-state index in [0.29, 0.717) is 16.4 Å². The molecule has 0 aliphatic heterocycles. The first-order valence-electron chi connectivity index (χ1n) is 5.24. The Balaban J connectivity index is 2.33. The van der Waals surface area contributed by atoms with Crippen molar-refractivity contribution in [1.82, 2.24) is 9.38 Å². The first kappa shape index (κ1) is 11.2. The van der Waals surface area contributed by atoms with Crippen LogP contribution in [0.25, 0.3) is 16.9 Å². The van der Waals surface area contributed by atoms with Gasteiger partial charge in [-0.05, 0) is 24.3 Å². The Kier molecular flexibility index (Phi) is 2.52. The van der Waals surface area contributed by atoms with Crippen molar-refractivity contribution in [3.05, 3.63) is 59.4 Å². The van der Waals surface area contributed by atoms with Gasteiger partial charge in [0.2, 0.25) is 0 Å². The van der Waals surface area contributed by atoms with Gasteiger partial charge in [0.05, 0.1) is 22.3 Å². The average molecular weight is 265 g/mol. The summed E-state index contributed by atoms with van der Waals surface area (Å²) in [5.74, 6) is -1.49. The van der Waals surface area contributed by atoms with Crippen molar-refractivity contribution in [2.75, 3.05) is 0 Å². The van der Waals surface area contributed by atoms with Crippen LogP contribution in [-0.4, -0.2) is 9.38 Å². The Morgan fingerprint density at radius 1 is 1.11 bits per heavy atom. The van der Waals surface area contributed by atoms with Gasteiger partial charge in [-0.2, -0.15) is 0 Å². The number of imidazole rings is 1. The summed E-state index contributed by atoms with van der Waals surface area (Å²) in [6, 6.07) is 7.43. The van der Waals surface area contributed by atoms with Gasteiger partial charge in [-0.25, -0.2) is 13.8 Å².